The number of aryl methyl sites for hydroxylation is 1. The zero-order chi connectivity index (χ0) is 18.4. The van der Waals surface area contributed by atoms with Crippen LogP contribution in [0.5, 0.6) is 0 Å². The number of benzene rings is 1. The van der Waals surface area contributed by atoms with Gasteiger partial charge in [-0.1, -0.05) is 0 Å². The van der Waals surface area contributed by atoms with E-state index in [2.05, 4.69) is 5.10 Å². The molecular weight excluding hydrogens is 349 g/mol. The van der Waals surface area contributed by atoms with Crippen LogP contribution >= 0.6 is 0 Å². The summed E-state index contributed by atoms with van der Waals surface area (Å²) in [6, 6.07) is 3.60. The molecular formula is C16H18FN3O4S. The van der Waals surface area contributed by atoms with Crippen molar-refractivity contribution in [2.45, 2.75) is 25.2 Å². The molecule has 9 heteroatoms. The van der Waals surface area contributed by atoms with Crippen LogP contribution in [0.4, 0.5) is 4.39 Å². The van der Waals surface area contributed by atoms with E-state index >= 15 is 0 Å². The summed E-state index contributed by atoms with van der Waals surface area (Å²) in [7, 11) is -3.96. The quantitative estimate of drug-likeness (QED) is 0.890. The van der Waals surface area contributed by atoms with Crippen LogP contribution in [0.3, 0.4) is 0 Å². The second-order valence-corrected chi connectivity index (χ2v) is 8.47. The Bertz CT molecular complexity index is 941. The summed E-state index contributed by atoms with van der Waals surface area (Å²) in [6.45, 7) is 3.28. The number of aromatic nitrogens is 2. The Labute approximate surface area is 144 Å². The van der Waals surface area contributed by atoms with Crippen molar-refractivity contribution in [3.63, 3.8) is 0 Å². The molecule has 1 aromatic heterocycles. The summed E-state index contributed by atoms with van der Waals surface area (Å²) in [4.78, 5) is 11.1. The fourth-order valence-electron chi connectivity index (χ4n) is 2.83. The SMILES string of the molecule is Cc1cnn(-c2ccc(S(=O)(=O)N3CCC(C)(C(=O)O)C3)cc2F)c1. The molecule has 7 nitrogen and oxygen atoms in total. The van der Waals surface area contributed by atoms with Gasteiger partial charge in [-0.25, -0.2) is 17.5 Å². The van der Waals surface area contributed by atoms with E-state index in [1.807, 2.05) is 6.92 Å². The maximum absolute atomic E-state index is 14.4. The molecule has 1 saturated heterocycles. The Morgan fingerprint density at radius 2 is 2.12 bits per heavy atom. The van der Waals surface area contributed by atoms with E-state index in [1.54, 1.807) is 12.4 Å². The highest BCUT2D eigenvalue weighted by Crippen LogP contribution is 2.34. The first-order valence-corrected chi connectivity index (χ1v) is 9.12. The Balaban J connectivity index is 1.91. The summed E-state index contributed by atoms with van der Waals surface area (Å²) < 4.78 is 42.2. The van der Waals surface area contributed by atoms with Gasteiger partial charge in [0.2, 0.25) is 10.0 Å². The Hall–Kier alpha value is -2.26. The van der Waals surface area contributed by atoms with E-state index in [1.165, 1.54) is 23.7 Å². The number of aliphatic carboxylic acids is 1. The lowest BCUT2D eigenvalue weighted by Gasteiger charge is -2.20. The van der Waals surface area contributed by atoms with Crippen LogP contribution in [0.2, 0.25) is 0 Å². The normalized spacial score (nSPS) is 21.6. The Morgan fingerprint density at radius 3 is 2.64 bits per heavy atom. The minimum Gasteiger partial charge on any atom is -0.481 e. The number of carboxylic acids is 1. The lowest BCUT2D eigenvalue weighted by molar-refractivity contribution is -0.146. The molecule has 2 heterocycles. The molecule has 1 aliphatic heterocycles. The lowest BCUT2D eigenvalue weighted by Crippen LogP contribution is -2.34. The van der Waals surface area contributed by atoms with Gasteiger partial charge in [-0.2, -0.15) is 9.40 Å². The Kier molecular flexibility index (Phi) is 4.16. The van der Waals surface area contributed by atoms with Gasteiger partial charge in [-0.3, -0.25) is 4.79 Å². The second kappa shape index (κ2) is 5.92. The number of hydrogen-bond acceptors (Lipinski definition) is 4. The van der Waals surface area contributed by atoms with Gasteiger partial charge in [-0.15, -0.1) is 0 Å². The first-order chi connectivity index (χ1) is 11.6. The van der Waals surface area contributed by atoms with Crippen molar-refractivity contribution in [3.05, 3.63) is 42.0 Å². The zero-order valence-corrected chi connectivity index (χ0v) is 14.6. The number of sulfonamides is 1. The van der Waals surface area contributed by atoms with Crippen molar-refractivity contribution in [3.8, 4) is 5.69 Å². The van der Waals surface area contributed by atoms with Crippen LogP contribution in [0, 0.1) is 18.2 Å². The standard InChI is InChI=1S/C16H18FN3O4S/c1-11-8-18-20(9-11)14-4-3-12(7-13(14)17)25(23,24)19-6-5-16(2,10-19)15(21)22/h3-4,7-9H,5-6,10H2,1-2H3,(H,21,22). The number of carboxylic acid groups (broad SMARTS) is 1. The number of hydrogen-bond donors (Lipinski definition) is 1. The fraction of sp³-hybridized carbons (Fsp3) is 0.375. The molecule has 25 heavy (non-hydrogen) atoms. The van der Waals surface area contributed by atoms with Crippen molar-refractivity contribution in [2.75, 3.05) is 13.1 Å². The largest absolute Gasteiger partial charge is 0.481 e. The van der Waals surface area contributed by atoms with Gasteiger partial charge in [0.15, 0.2) is 0 Å². The number of nitrogens with zero attached hydrogens (tertiary/aromatic N) is 3. The molecule has 134 valence electrons. The van der Waals surface area contributed by atoms with Gasteiger partial charge in [0.05, 0.1) is 16.5 Å². The third kappa shape index (κ3) is 3.05. The molecule has 0 radical (unpaired) electrons. The van der Waals surface area contributed by atoms with E-state index in [0.717, 1.165) is 15.9 Å². The van der Waals surface area contributed by atoms with Crippen LogP contribution in [0.15, 0.2) is 35.5 Å². The smallest absolute Gasteiger partial charge is 0.310 e. The van der Waals surface area contributed by atoms with Gasteiger partial charge in [0, 0.05) is 19.3 Å². The number of rotatable bonds is 4. The molecule has 1 N–H and O–H groups in total. The van der Waals surface area contributed by atoms with Crippen molar-refractivity contribution < 1.29 is 22.7 Å². The highest BCUT2D eigenvalue weighted by molar-refractivity contribution is 7.89. The topological polar surface area (TPSA) is 92.5 Å². The van der Waals surface area contributed by atoms with Crippen LogP contribution in [0.1, 0.15) is 18.9 Å². The number of carbonyl (C=O) groups is 1. The lowest BCUT2D eigenvalue weighted by atomic mass is 9.90. The van der Waals surface area contributed by atoms with Gasteiger partial charge in [0.25, 0.3) is 0 Å². The maximum atomic E-state index is 14.4. The molecule has 2 aromatic rings. The number of halogens is 1. The molecule has 0 amide bonds. The van der Waals surface area contributed by atoms with Crippen LogP contribution in [0.25, 0.3) is 5.69 Å². The average Bonchev–Trinajstić information content (AvgIpc) is 3.14. The van der Waals surface area contributed by atoms with Crippen LogP contribution < -0.4 is 0 Å². The minimum atomic E-state index is -3.96. The molecule has 3 rings (SSSR count). The highest BCUT2D eigenvalue weighted by Gasteiger charge is 2.45. The van der Waals surface area contributed by atoms with Gasteiger partial charge < -0.3 is 5.11 Å². The summed E-state index contributed by atoms with van der Waals surface area (Å²) in [6.07, 6.45) is 3.42. The minimum absolute atomic E-state index is 0.0901. The van der Waals surface area contributed by atoms with E-state index in [-0.39, 0.29) is 30.1 Å². The molecule has 1 atom stereocenters. The predicted molar refractivity (Wildman–Crippen MR) is 87.4 cm³/mol. The third-order valence-corrected chi connectivity index (χ3v) is 6.31. The van der Waals surface area contributed by atoms with E-state index in [4.69, 9.17) is 0 Å². The van der Waals surface area contributed by atoms with Crippen molar-refractivity contribution >= 4 is 16.0 Å². The van der Waals surface area contributed by atoms with E-state index in [9.17, 15) is 22.7 Å². The summed E-state index contributed by atoms with van der Waals surface area (Å²) in [5.74, 6) is -1.76. The first kappa shape index (κ1) is 17.6. The van der Waals surface area contributed by atoms with Crippen LogP contribution in [-0.2, 0) is 14.8 Å². The molecule has 0 saturated carbocycles. The van der Waals surface area contributed by atoms with E-state index in [0.29, 0.717) is 0 Å². The highest BCUT2D eigenvalue weighted by atomic mass is 32.2. The molecule has 0 bridgehead atoms. The van der Waals surface area contributed by atoms with Crippen molar-refractivity contribution in [1.29, 1.82) is 0 Å². The molecule has 1 aromatic carbocycles. The molecule has 1 fully saturated rings. The van der Waals surface area contributed by atoms with Crippen molar-refractivity contribution in [2.24, 2.45) is 5.41 Å². The maximum Gasteiger partial charge on any atom is 0.310 e. The summed E-state index contributed by atoms with van der Waals surface area (Å²) in [5.41, 5.74) is -0.136. The molecule has 0 spiro atoms. The molecule has 1 unspecified atom stereocenters. The summed E-state index contributed by atoms with van der Waals surface area (Å²) >= 11 is 0. The van der Waals surface area contributed by atoms with Crippen molar-refractivity contribution in [1.82, 2.24) is 14.1 Å². The van der Waals surface area contributed by atoms with E-state index < -0.39 is 27.2 Å². The first-order valence-electron chi connectivity index (χ1n) is 7.68. The third-order valence-electron chi connectivity index (χ3n) is 4.47. The second-order valence-electron chi connectivity index (χ2n) is 6.53. The van der Waals surface area contributed by atoms with Gasteiger partial charge >= 0.3 is 5.97 Å². The summed E-state index contributed by atoms with van der Waals surface area (Å²) in [5, 5.41) is 13.3. The molecule has 1 aliphatic rings. The average molecular weight is 367 g/mol. The van der Waals surface area contributed by atoms with Gasteiger partial charge in [-0.05, 0) is 44.0 Å². The zero-order valence-electron chi connectivity index (χ0n) is 13.8. The monoisotopic (exact) mass is 367 g/mol. The Morgan fingerprint density at radius 1 is 1.40 bits per heavy atom. The van der Waals surface area contributed by atoms with Crippen LogP contribution in [-0.4, -0.2) is 46.7 Å². The molecule has 0 aliphatic carbocycles. The fourth-order valence-corrected chi connectivity index (χ4v) is 4.40. The van der Waals surface area contributed by atoms with Gasteiger partial charge in [0.1, 0.15) is 11.5 Å². The predicted octanol–water partition coefficient (Wildman–Crippen LogP) is 1.81.